The first-order valence-corrected chi connectivity index (χ1v) is 15.4. The molecule has 0 unspecified atom stereocenters. The number of imidazole rings is 3. The zero-order valence-corrected chi connectivity index (χ0v) is 27.6. The fraction of sp³-hybridized carbons (Fsp3) is 0.182. The molecule has 43 heavy (non-hydrogen) atoms. The minimum absolute atomic E-state index is 0.478. The maximum absolute atomic E-state index is 6.19. The van der Waals surface area contributed by atoms with E-state index in [1.54, 1.807) is 0 Å². The van der Waals surface area contributed by atoms with Gasteiger partial charge in [-0.15, -0.1) is 0 Å². The molecule has 0 saturated carbocycles. The van der Waals surface area contributed by atoms with Gasteiger partial charge in [0.15, 0.2) is 0 Å². The van der Waals surface area contributed by atoms with E-state index < -0.39 is 7.12 Å². The van der Waals surface area contributed by atoms with Crippen molar-refractivity contribution in [3.8, 4) is 17.1 Å². The highest BCUT2D eigenvalue weighted by molar-refractivity contribution is 7.71. The maximum Gasteiger partial charge on any atom is 0.209 e. The molecule has 6 aromatic rings. The average Bonchev–Trinajstić information content (AvgIpc) is 3.63. The van der Waals surface area contributed by atoms with E-state index in [9.17, 15) is 0 Å². The molecule has 3 heterocycles. The maximum atomic E-state index is 6.19. The third-order valence-electron chi connectivity index (χ3n) is 8.20. The molecule has 3 aromatic heterocycles. The van der Waals surface area contributed by atoms with Crippen LogP contribution in [0, 0.1) is 55.9 Å². The summed E-state index contributed by atoms with van der Waals surface area (Å²) < 4.78 is 14.4. The van der Waals surface area contributed by atoms with E-state index in [0.717, 1.165) is 50.4 Å². The van der Waals surface area contributed by atoms with Crippen molar-refractivity contribution in [2.75, 3.05) is 0 Å². The summed E-state index contributed by atoms with van der Waals surface area (Å²) in [5, 5.41) is 0. The van der Waals surface area contributed by atoms with Crippen LogP contribution in [0.15, 0.2) is 91.8 Å². The minimum Gasteiger partial charge on any atom is -0.483 e. The first-order valence-electron chi connectivity index (χ1n) is 14.2. The molecular weight excluding hydrogens is 587 g/mol. The van der Waals surface area contributed by atoms with E-state index >= 15 is 0 Å². The summed E-state index contributed by atoms with van der Waals surface area (Å²) in [4.78, 5) is 0. The molecule has 3 aromatic carbocycles. The van der Waals surface area contributed by atoms with E-state index in [0.29, 0.717) is 14.3 Å². The topological polar surface area (TPSA) is 29.6 Å². The Hall–Kier alpha value is -3.99. The molecule has 6 rings (SSSR count). The Morgan fingerprint density at radius 2 is 0.628 bits per heavy atom. The molecule has 0 atom stereocenters. The summed E-state index contributed by atoms with van der Waals surface area (Å²) in [6.07, 6.45) is 12.2. The van der Waals surface area contributed by atoms with E-state index in [-0.39, 0.29) is 0 Å². The molecular formula is C33H33BN6S3-. The Balaban J connectivity index is 1.61. The van der Waals surface area contributed by atoms with E-state index in [1.165, 1.54) is 0 Å². The Kier molecular flexibility index (Phi) is 7.62. The highest BCUT2D eigenvalue weighted by Gasteiger charge is 2.17. The lowest BCUT2D eigenvalue weighted by atomic mass is 9.92. The van der Waals surface area contributed by atoms with Gasteiger partial charge in [0.25, 0.3) is 0 Å². The van der Waals surface area contributed by atoms with Crippen molar-refractivity contribution < 1.29 is 0 Å². The SMILES string of the molecule is Cc1cccc(C)c1-n1ccn([B-](n2ccn(-c3c(C)cccc3C)c2=S)n2ccn(-c3c(C)cccc3C)c2=S)c1=S. The molecule has 0 aliphatic heterocycles. The van der Waals surface area contributed by atoms with Gasteiger partial charge in [0.1, 0.15) is 14.3 Å². The first kappa shape index (κ1) is 29.1. The first-order chi connectivity index (χ1) is 20.6. The van der Waals surface area contributed by atoms with Gasteiger partial charge < -0.3 is 13.4 Å². The molecule has 0 amide bonds. The molecule has 1 radical (unpaired) electrons. The Labute approximate surface area is 267 Å². The number of rotatable bonds is 6. The zero-order valence-electron chi connectivity index (χ0n) is 25.1. The van der Waals surface area contributed by atoms with Crippen LogP contribution in [-0.4, -0.2) is 34.3 Å². The van der Waals surface area contributed by atoms with Gasteiger partial charge >= 0.3 is 0 Å². The second-order valence-corrected chi connectivity index (χ2v) is 12.2. The van der Waals surface area contributed by atoms with E-state index in [4.69, 9.17) is 36.7 Å². The predicted octanol–water partition coefficient (Wildman–Crippen LogP) is 8.43. The van der Waals surface area contributed by atoms with Crippen molar-refractivity contribution in [1.29, 1.82) is 0 Å². The number of benzene rings is 3. The van der Waals surface area contributed by atoms with Crippen molar-refractivity contribution >= 4 is 43.8 Å². The lowest BCUT2D eigenvalue weighted by Crippen LogP contribution is -2.41. The van der Waals surface area contributed by atoms with Crippen molar-refractivity contribution in [2.45, 2.75) is 41.5 Å². The number of aryl methyl sites for hydroxylation is 6. The van der Waals surface area contributed by atoms with Gasteiger partial charge in [0.2, 0.25) is 7.12 Å². The van der Waals surface area contributed by atoms with Gasteiger partial charge in [0, 0.05) is 18.6 Å². The van der Waals surface area contributed by atoms with Gasteiger partial charge in [-0.1, -0.05) is 54.6 Å². The molecule has 217 valence electrons. The lowest BCUT2D eigenvalue weighted by Gasteiger charge is -2.33. The summed E-state index contributed by atoms with van der Waals surface area (Å²) in [5.74, 6) is 0. The van der Waals surface area contributed by atoms with Crippen molar-refractivity contribution in [2.24, 2.45) is 0 Å². The monoisotopic (exact) mass is 620 g/mol. The van der Waals surface area contributed by atoms with Crippen LogP contribution in [0.2, 0.25) is 0 Å². The van der Waals surface area contributed by atoms with Gasteiger partial charge in [-0.3, -0.25) is 13.7 Å². The molecule has 0 N–H and O–H groups in total. The van der Waals surface area contributed by atoms with E-state index in [2.05, 4.69) is 123 Å². The lowest BCUT2D eigenvalue weighted by molar-refractivity contribution is 0.872. The number of nitrogens with zero attached hydrogens (tertiary/aromatic N) is 6. The van der Waals surface area contributed by atoms with Crippen molar-refractivity contribution in [1.82, 2.24) is 27.1 Å². The zero-order chi connectivity index (χ0) is 30.6. The largest absolute Gasteiger partial charge is 0.483 e. The smallest absolute Gasteiger partial charge is 0.209 e. The summed E-state index contributed by atoms with van der Waals surface area (Å²) in [6.45, 7) is 12.7. The fourth-order valence-electron chi connectivity index (χ4n) is 6.17. The number of hydrogen-bond acceptors (Lipinski definition) is 3. The number of hydrogen-bond donors (Lipinski definition) is 0. The Bertz CT molecular complexity index is 1880. The molecule has 0 fully saturated rings. The summed E-state index contributed by atoms with van der Waals surface area (Å²) in [7, 11) is -0.478. The van der Waals surface area contributed by atoms with Crippen molar-refractivity contribution in [3.05, 3.63) is 139 Å². The van der Waals surface area contributed by atoms with Crippen LogP contribution in [0.25, 0.3) is 17.1 Å². The molecule has 0 bridgehead atoms. The molecule has 0 aliphatic carbocycles. The third kappa shape index (κ3) is 4.83. The van der Waals surface area contributed by atoms with Gasteiger partial charge in [0.05, 0.1) is 17.1 Å². The normalized spacial score (nSPS) is 11.5. The number of para-hydroxylation sites is 3. The quantitative estimate of drug-likeness (QED) is 0.138. The molecule has 0 saturated heterocycles. The van der Waals surface area contributed by atoms with Crippen molar-refractivity contribution in [3.63, 3.8) is 0 Å². The predicted molar refractivity (Wildman–Crippen MR) is 184 cm³/mol. The van der Waals surface area contributed by atoms with Crippen LogP contribution in [0.5, 0.6) is 0 Å². The highest BCUT2D eigenvalue weighted by Crippen LogP contribution is 2.24. The van der Waals surface area contributed by atoms with Gasteiger partial charge in [-0.2, -0.15) is 0 Å². The van der Waals surface area contributed by atoms with Crippen LogP contribution >= 0.6 is 36.7 Å². The summed E-state index contributed by atoms with van der Waals surface area (Å²) in [5.41, 5.74) is 10.2. The van der Waals surface area contributed by atoms with E-state index in [1.807, 2.05) is 37.2 Å². The fourth-order valence-corrected chi connectivity index (χ4v) is 7.09. The molecule has 6 nitrogen and oxygen atoms in total. The second-order valence-electron chi connectivity index (χ2n) is 11.1. The Morgan fingerprint density at radius 1 is 0.395 bits per heavy atom. The van der Waals surface area contributed by atoms with Crippen LogP contribution in [0.3, 0.4) is 0 Å². The highest BCUT2D eigenvalue weighted by atomic mass is 32.1. The molecule has 0 spiro atoms. The standard InChI is InChI=1S/C33H33BN6S3/c1-22-10-7-11-23(2)28(22)35-16-19-38(31(35)41)34(39-20-17-36(32(39)42)29-24(3)12-8-13-25(29)4)40-21-18-37(33(40)43)30-26(5)14-9-15-27(30)6/h7-21H,1-6H3/q-1. The van der Waals surface area contributed by atoms with Crippen LogP contribution in [-0.2, 0) is 0 Å². The Morgan fingerprint density at radius 3 is 0.860 bits per heavy atom. The number of aromatic nitrogens is 6. The van der Waals surface area contributed by atoms with Crippen LogP contribution in [0.1, 0.15) is 33.4 Å². The van der Waals surface area contributed by atoms with Crippen LogP contribution in [0.4, 0.5) is 0 Å². The third-order valence-corrected chi connectivity index (χ3v) is 9.42. The second kappa shape index (κ2) is 11.3. The minimum atomic E-state index is -0.478. The molecule has 10 heteroatoms. The summed E-state index contributed by atoms with van der Waals surface area (Å²) in [6, 6.07) is 18.9. The van der Waals surface area contributed by atoms with Crippen LogP contribution < -0.4 is 0 Å². The average molecular weight is 621 g/mol. The van der Waals surface area contributed by atoms with Gasteiger partial charge in [-0.25, -0.2) is 0 Å². The summed E-state index contributed by atoms with van der Waals surface area (Å²) >= 11 is 18.6. The molecule has 0 aliphatic rings. The van der Waals surface area contributed by atoms with Gasteiger partial charge in [-0.05, 0) is 130 Å².